The molecule has 2 nitrogen and oxygen atoms in total. The van der Waals surface area contributed by atoms with Crippen LogP contribution in [-0.4, -0.2) is 29.3 Å². The van der Waals surface area contributed by atoms with E-state index >= 15 is 0 Å². The van der Waals surface area contributed by atoms with E-state index in [-0.39, 0.29) is 11.7 Å². The van der Waals surface area contributed by atoms with Gasteiger partial charge in [-0.1, -0.05) is 46.3 Å². The maximum absolute atomic E-state index is 10.4. The molecule has 0 aliphatic heterocycles. The van der Waals surface area contributed by atoms with Crippen molar-refractivity contribution in [3.05, 3.63) is 41.5 Å². The number of hydrogen-bond donors (Lipinski definition) is 1. The Labute approximate surface area is 130 Å². The van der Waals surface area contributed by atoms with Crippen molar-refractivity contribution in [3.8, 4) is 0 Å². The first-order chi connectivity index (χ1) is 9.51. The molecular weight excluding hydrogens is 316 g/mol. The van der Waals surface area contributed by atoms with Crippen molar-refractivity contribution in [1.82, 2.24) is 0 Å². The van der Waals surface area contributed by atoms with Gasteiger partial charge in [0.25, 0.3) is 0 Å². The topological polar surface area (TPSA) is 29.5 Å². The standard InChI is InChI=1S/C17H23BrO2/c1-12-15(13-7-5-4-6-8-13)9-14(10-16(12)19)17(2,11-18)20-3/h4-8,14,16,19H,9-11H2,1-3H3/t14-,16-,17+/m1/s1. The molecule has 1 aromatic carbocycles. The van der Waals surface area contributed by atoms with Crippen LogP contribution in [-0.2, 0) is 4.74 Å². The molecule has 1 aromatic rings. The number of aliphatic hydroxyl groups is 1. The second kappa shape index (κ2) is 6.42. The Morgan fingerprint density at radius 3 is 2.55 bits per heavy atom. The lowest BCUT2D eigenvalue weighted by Crippen LogP contribution is -2.42. The first-order valence-electron chi connectivity index (χ1n) is 7.06. The predicted octanol–water partition coefficient (Wildman–Crippen LogP) is 4.03. The fraction of sp³-hybridized carbons (Fsp3) is 0.529. The molecule has 3 heteroatoms. The van der Waals surface area contributed by atoms with Crippen molar-refractivity contribution >= 4 is 21.5 Å². The number of alkyl halides is 1. The van der Waals surface area contributed by atoms with Gasteiger partial charge in [-0.2, -0.15) is 0 Å². The summed E-state index contributed by atoms with van der Waals surface area (Å²) in [6.45, 7) is 4.16. The van der Waals surface area contributed by atoms with E-state index in [0.717, 1.165) is 23.7 Å². The van der Waals surface area contributed by atoms with Crippen LogP contribution < -0.4 is 0 Å². The number of halogens is 1. The lowest BCUT2D eigenvalue weighted by atomic mass is 9.73. The molecule has 20 heavy (non-hydrogen) atoms. The second-order valence-corrected chi connectivity index (χ2v) is 6.39. The highest BCUT2D eigenvalue weighted by molar-refractivity contribution is 9.09. The first kappa shape index (κ1) is 15.7. The van der Waals surface area contributed by atoms with Gasteiger partial charge in [-0.25, -0.2) is 0 Å². The number of aliphatic hydroxyl groups excluding tert-OH is 1. The van der Waals surface area contributed by atoms with Gasteiger partial charge in [0.15, 0.2) is 0 Å². The zero-order valence-electron chi connectivity index (χ0n) is 12.4. The molecule has 1 N–H and O–H groups in total. The van der Waals surface area contributed by atoms with E-state index in [0.29, 0.717) is 5.92 Å². The third kappa shape index (κ3) is 3.00. The number of rotatable bonds is 4. The third-order valence-corrected chi connectivity index (χ3v) is 5.77. The predicted molar refractivity (Wildman–Crippen MR) is 87.0 cm³/mol. The Bertz CT molecular complexity index is 477. The number of methoxy groups -OCH3 is 1. The van der Waals surface area contributed by atoms with Crippen molar-refractivity contribution in [2.24, 2.45) is 5.92 Å². The summed E-state index contributed by atoms with van der Waals surface area (Å²) in [5.41, 5.74) is 3.32. The van der Waals surface area contributed by atoms with Crippen molar-refractivity contribution in [1.29, 1.82) is 0 Å². The Morgan fingerprint density at radius 2 is 2.00 bits per heavy atom. The normalized spacial score (nSPS) is 26.4. The minimum absolute atomic E-state index is 0.248. The monoisotopic (exact) mass is 338 g/mol. The van der Waals surface area contributed by atoms with E-state index in [1.807, 2.05) is 25.1 Å². The van der Waals surface area contributed by atoms with E-state index in [4.69, 9.17) is 4.74 Å². The minimum Gasteiger partial charge on any atom is -0.389 e. The summed E-state index contributed by atoms with van der Waals surface area (Å²) in [5, 5.41) is 11.2. The van der Waals surface area contributed by atoms with Gasteiger partial charge in [0.2, 0.25) is 0 Å². The molecule has 1 aliphatic rings. The van der Waals surface area contributed by atoms with Crippen LogP contribution in [0.15, 0.2) is 35.9 Å². The molecule has 0 saturated heterocycles. The summed E-state index contributed by atoms with van der Waals surface area (Å²) < 4.78 is 5.71. The van der Waals surface area contributed by atoms with Gasteiger partial charge in [-0.05, 0) is 49.3 Å². The average Bonchev–Trinajstić information content (AvgIpc) is 2.50. The highest BCUT2D eigenvalue weighted by atomic mass is 79.9. The smallest absolute Gasteiger partial charge is 0.0779 e. The van der Waals surface area contributed by atoms with Crippen molar-refractivity contribution in [3.63, 3.8) is 0 Å². The minimum atomic E-state index is -0.377. The zero-order chi connectivity index (χ0) is 14.8. The van der Waals surface area contributed by atoms with E-state index in [1.165, 1.54) is 11.1 Å². The Kier molecular flexibility index (Phi) is 5.05. The Balaban J connectivity index is 2.35. The lowest BCUT2D eigenvalue weighted by Gasteiger charge is -2.40. The molecule has 0 unspecified atom stereocenters. The summed E-state index contributed by atoms with van der Waals surface area (Å²) in [7, 11) is 1.75. The number of allylic oxidation sites excluding steroid dienone is 1. The molecule has 2 rings (SSSR count). The highest BCUT2D eigenvalue weighted by Crippen LogP contribution is 2.42. The van der Waals surface area contributed by atoms with Gasteiger partial charge in [0.05, 0.1) is 11.7 Å². The first-order valence-corrected chi connectivity index (χ1v) is 8.18. The molecule has 0 amide bonds. The fourth-order valence-corrected chi connectivity index (χ4v) is 3.61. The molecule has 3 atom stereocenters. The van der Waals surface area contributed by atoms with Gasteiger partial charge in [0, 0.05) is 12.4 Å². The number of hydrogen-bond acceptors (Lipinski definition) is 2. The van der Waals surface area contributed by atoms with Gasteiger partial charge < -0.3 is 9.84 Å². The van der Waals surface area contributed by atoms with Crippen LogP contribution in [0, 0.1) is 5.92 Å². The van der Waals surface area contributed by atoms with E-state index in [2.05, 4.69) is 35.0 Å². The largest absolute Gasteiger partial charge is 0.389 e. The van der Waals surface area contributed by atoms with E-state index in [1.54, 1.807) is 7.11 Å². The quantitative estimate of drug-likeness (QED) is 0.840. The number of benzene rings is 1. The van der Waals surface area contributed by atoms with Crippen LogP contribution in [0.1, 0.15) is 32.3 Å². The Morgan fingerprint density at radius 1 is 1.35 bits per heavy atom. The summed E-state index contributed by atoms with van der Waals surface area (Å²) in [6.07, 6.45) is 1.33. The van der Waals surface area contributed by atoms with Crippen molar-refractivity contribution < 1.29 is 9.84 Å². The van der Waals surface area contributed by atoms with Crippen LogP contribution >= 0.6 is 15.9 Å². The van der Waals surface area contributed by atoms with Gasteiger partial charge in [-0.15, -0.1) is 0 Å². The molecular formula is C17H23BrO2. The van der Waals surface area contributed by atoms with Crippen LogP contribution in [0.5, 0.6) is 0 Å². The van der Waals surface area contributed by atoms with Gasteiger partial charge >= 0.3 is 0 Å². The maximum Gasteiger partial charge on any atom is 0.0779 e. The molecule has 110 valence electrons. The van der Waals surface area contributed by atoms with Crippen molar-refractivity contribution in [2.75, 3.05) is 12.4 Å². The van der Waals surface area contributed by atoms with Gasteiger partial charge in [0.1, 0.15) is 0 Å². The average molecular weight is 339 g/mol. The summed E-state index contributed by atoms with van der Waals surface area (Å²) in [5.74, 6) is 0.306. The molecule has 0 fully saturated rings. The zero-order valence-corrected chi connectivity index (χ0v) is 14.0. The number of ether oxygens (including phenoxy) is 1. The second-order valence-electron chi connectivity index (χ2n) is 5.83. The summed E-state index contributed by atoms with van der Waals surface area (Å²) in [4.78, 5) is 0. The van der Waals surface area contributed by atoms with Crippen molar-refractivity contribution in [2.45, 2.75) is 38.4 Å². The van der Waals surface area contributed by atoms with E-state index in [9.17, 15) is 5.11 Å². The Hall–Kier alpha value is -0.640. The molecule has 0 heterocycles. The fourth-order valence-electron chi connectivity index (χ4n) is 2.92. The molecule has 1 aliphatic carbocycles. The molecule has 0 radical (unpaired) electrons. The van der Waals surface area contributed by atoms with E-state index < -0.39 is 0 Å². The molecule has 0 spiro atoms. The maximum atomic E-state index is 10.4. The lowest BCUT2D eigenvalue weighted by molar-refractivity contribution is -0.0368. The van der Waals surface area contributed by atoms with Gasteiger partial charge in [-0.3, -0.25) is 0 Å². The molecule has 0 bridgehead atoms. The summed E-state index contributed by atoms with van der Waals surface area (Å²) in [6, 6.07) is 10.4. The molecule has 0 saturated carbocycles. The van der Waals surface area contributed by atoms with Crippen LogP contribution in [0.3, 0.4) is 0 Å². The highest BCUT2D eigenvalue weighted by Gasteiger charge is 2.38. The molecule has 0 aromatic heterocycles. The van der Waals surface area contributed by atoms with Crippen LogP contribution in [0.2, 0.25) is 0 Å². The SMILES string of the molecule is CO[C@@](C)(CBr)[C@@H]1CC(c2ccccc2)=C(C)[C@H](O)C1. The van der Waals surface area contributed by atoms with Crippen LogP contribution in [0.25, 0.3) is 5.57 Å². The van der Waals surface area contributed by atoms with Crippen LogP contribution in [0.4, 0.5) is 0 Å². The third-order valence-electron chi connectivity index (χ3n) is 4.65. The summed E-state index contributed by atoms with van der Waals surface area (Å²) >= 11 is 3.56.